The molecule has 0 aliphatic rings. The Balaban J connectivity index is 1.20. The van der Waals surface area contributed by atoms with E-state index in [1.807, 2.05) is 23.6 Å². The summed E-state index contributed by atoms with van der Waals surface area (Å²) >= 11 is 1.88. The fourth-order valence-corrected chi connectivity index (χ4v) is 6.92. The molecule has 0 bridgehead atoms. The quantitative estimate of drug-likeness (QED) is 0.178. The highest BCUT2D eigenvalue weighted by atomic mass is 32.1. The zero-order chi connectivity index (χ0) is 28.3. The lowest BCUT2D eigenvalue weighted by molar-refractivity contribution is 1.08. The second kappa shape index (κ2) is 11.5. The van der Waals surface area contributed by atoms with Crippen molar-refractivity contribution in [1.29, 1.82) is 0 Å². The molecule has 0 saturated heterocycles. The summed E-state index contributed by atoms with van der Waals surface area (Å²) in [5.74, 6) is 0. The molecule has 3 heteroatoms. The molecule has 0 unspecified atom stereocenters. The van der Waals surface area contributed by atoms with Gasteiger partial charge in [-0.25, -0.2) is 0 Å². The molecule has 0 radical (unpaired) electrons. The highest BCUT2D eigenvalue weighted by Gasteiger charge is 2.14. The predicted molar refractivity (Wildman–Crippen MR) is 182 cm³/mol. The number of rotatable bonds is 7. The number of aliphatic imine (C=N–C) groups is 1. The lowest BCUT2D eigenvalue weighted by atomic mass is 9.97. The Bertz CT molecular complexity index is 2020. The van der Waals surface area contributed by atoms with Crippen molar-refractivity contribution in [2.24, 2.45) is 4.99 Å². The van der Waals surface area contributed by atoms with Crippen LogP contribution in [0.15, 0.2) is 151 Å². The first-order chi connectivity index (χ1) is 20.8. The van der Waals surface area contributed by atoms with Gasteiger partial charge in [0.05, 0.1) is 6.54 Å². The van der Waals surface area contributed by atoms with Crippen LogP contribution in [0.4, 0.5) is 11.4 Å². The van der Waals surface area contributed by atoms with E-state index in [9.17, 15) is 0 Å². The van der Waals surface area contributed by atoms with E-state index in [2.05, 4.69) is 151 Å². The molecule has 0 aliphatic heterocycles. The number of benzene rings is 6. The maximum atomic E-state index is 4.75. The van der Waals surface area contributed by atoms with Gasteiger partial charge in [-0.05, 0) is 40.5 Å². The largest absolute Gasteiger partial charge is 0.344 e. The summed E-state index contributed by atoms with van der Waals surface area (Å²) in [4.78, 5) is 7.02. The van der Waals surface area contributed by atoms with Crippen molar-refractivity contribution >= 4 is 49.1 Å². The Morgan fingerprint density at radius 2 is 1.19 bits per heavy atom. The van der Waals surface area contributed by atoms with Crippen LogP contribution in [0.2, 0.25) is 0 Å². The van der Waals surface area contributed by atoms with E-state index < -0.39 is 0 Å². The van der Waals surface area contributed by atoms with Gasteiger partial charge in [0.15, 0.2) is 0 Å². The number of nitrogens with zero attached hydrogens (tertiary/aromatic N) is 2. The Labute approximate surface area is 250 Å². The fraction of sp³-hybridized carbons (Fsp3) is 0.0513. The van der Waals surface area contributed by atoms with E-state index in [1.165, 1.54) is 48.0 Å². The third-order valence-corrected chi connectivity index (χ3v) is 9.04. The first-order valence-electron chi connectivity index (χ1n) is 14.2. The first-order valence-corrected chi connectivity index (χ1v) is 15.0. The van der Waals surface area contributed by atoms with Crippen molar-refractivity contribution in [2.45, 2.75) is 6.54 Å². The lowest BCUT2D eigenvalue weighted by Gasteiger charge is -2.24. The van der Waals surface area contributed by atoms with Crippen molar-refractivity contribution < 1.29 is 0 Å². The maximum absolute atomic E-state index is 4.75. The molecular formula is C39H30N2S. The highest BCUT2D eigenvalue weighted by molar-refractivity contribution is 7.26. The van der Waals surface area contributed by atoms with E-state index in [0.717, 1.165) is 16.9 Å². The summed E-state index contributed by atoms with van der Waals surface area (Å²) in [5.41, 5.74) is 9.49. The zero-order valence-electron chi connectivity index (χ0n) is 23.4. The van der Waals surface area contributed by atoms with Crippen LogP contribution in [0.5, 0.6) is 0 Å². The molecule has 0 N–H and O–H groups in total. The van der Waals surface area contributed by atoms with Gasteiger partial charge in [0.25, 0.3) is 0 Å². The molecule has 202 valence electrons. The van der Waals surface area contributed by atoms with Crippen LogP contribution >= 0.6 is 11.3 Å². The first kappa shape index (κ1) is 25.9. The molecular weight excluding hydrogens is 529 g/mol. The third kappa shape index (κ3) is 5.00. The van der Waals surface area contributed by atoms with Crippen LogP contribution < -0.4 is 4.90 Å². The van der Waals surface area contributed by atoms with Crippen molar-refractivity contribution in [3.63, 3.8) is 0 Å². The SMILES string of the molecule is CN(c1ccccc1/C=N/Cc1ccccc1)c1ccccc1-c1ccc(-c2cccc3c2sc2ccccc23)cc1. The van der Waals surface area contributed by atoms with Gasteiger partial charge in [-0.3, -0.25) is 4.99 Å². The minimum Gasteiger partial charge on any atom is -0.344 e. The molecule has 1 aromatic heterocycles. The molecule has 1 heterocycles. The Hall–Kier alpha value is -4.99. The predicted octanol–water partition coefficient (Wildman–Crippen LogP) is 10.8. The summed E-state index contributed by atoms with van der Waals surface area (Å²) in [6.45, 7) is 0.664. The van der Waals surface area contributed by atoms with Gasteiger partial charge in [-0.1, -0.05) is 127 Å². The molecule has 0 atom stereocenters. The average molecular weight is 559 g/mol. The molecule has 6 aromatic carbocycles. The van der Waals surface area contributed by atoms with Gasteiger partial charge in [0, 0.05) is 55.9 Å². The highest BCUT2D eigenvalue weighted by Crippen LogP contribution is 2.41. The zero-order valence-corrected chi connectivity index (χ0v) is 24.3. The molecule has 7 aromatic rings. The van der Waals surface area contributed by atoms with E-state index in [-0.39, 0.29) is 0 Å². The van der Waals surface area contributed by atoms with Gasteiger partial charge >= 0.3 is 0 Å². The van der Waals surface area contributed by atoms with Crippen molar-refractivity contribution in [3.05, 3.63) is 157 Å². The minimum atomic E-state index is 0.664. The van der Waals surface area contributed by atoms with Crippen molar-refractivity contribution in [2.75, 3.05) is 11.9 Å². The monoisotopic (exact) mass is 558 g/mol. The molecule has 0 fully saturated rings. The number of hydrogen-bond donors (Lipinski definition) is 0. The van der Waals surface area contributed by atoms with E-state index >= 15 is 0 Å². The van der Waals surface area contributed by atoms with E-state index in [0.29, 0.717) is 6.54 Å². The van der Waals surface area contributed by atoms with Crippen LogP contribution in [0.25, 0.3) is 42.4 Å². The molecule has 0 aliphatic carbocycles. The average Bonchev–Trinajstić information content (AvgIpc) is 3.44. The maximum Gasteiger partial charge on any atom is 0.0639 e. The molecule has 42 heavy (non-hydrogen) atoms. The van der Waals surface area contributed by atoms with Crippen molar-refractivity contribution in [3.8, 4) is 22.3 Å². The van der Waals surface area contributed by atoms with Gasteiger partial charge in [-0.2, -0.15) is 0 Å². The Kier molecular flexibility index (Phi) is 7.09. The minimum absolute atomic E-state index is 0.664. The van der Waals surface area contributed by atoms with E-state index in [4.69, 9.17) is 4.99 Å². The lowest BCUT2D eigenvalue weighted by Crippen LogP contribution is -2.12. The standard InChI is InChI=1S/C39H30N2S/c1-41(36-19-8-5-14-31(36)27-40-26-28-12-3-2-4-13-28)37-20-9-6-15-32(37)29-22-24-30(25-23-29)33-17-11-18-35-34-16-7-10-21-38(34)42-39(33)35/h2-25,27H,26H2,1H3/b40-27+. The van der Waals surface area contributed by atoms with Gasteiger partial charge in [0.1, 0.15) is 0 Å². The second-order valence-corrected chi connectivity index (χ2v) is 11.5. The van der Waals surface area contributed by atoms with Crippen LogP contribution in [-0.2, 0) is 6.54 Å². The number of anilines is 2. The normalized spacial score (nSPS) is 11.5. The van der Waals surface area contributed by atoms with Gasteiger partial charge < -0.3 is 4.90 Å². The summed E-state index contributed by atoms with van der Waals surface area (Å²) in [6.07, 6.45) is 1.99. The topological polar surface area (TPSA) is 15.6 Å². The molecule has 0 saturated carbocycles. The number of hydrogen-bond acceptors (Lipinski definition) is 3. The summed E-state index contributed by atoms with van der Waals surface area (Å²) in [5, 5.41) is 2.66. The molecule has 2 nitrogen and oxygen atoms in total. The Morgan fingerprint density at radius 3 is 2.02 bits per heavy atom. The van der Waals surface area contributed by atoms with Gasteiger partial charge in [-0.15, -0.1) is 11.3 Å². The third-order valence-electron chi connectivity index (χ3n) is 7.82. The smallest absolute Gasteiger partial charge is 0.0639 e. The van der Waals surface area contributed by atoms with Crippen molar-refractivity contribution in [1.82, 2.24) is 0 Å². The molecule has 0 amide bonds. The van der Waals surface area contributed by atoms with Crippen LogP contribution in [0.1, 0.15) is 11.1 Å². The van der Waals surface area contributed by atoms with Crippen LogP contribution in [0, 0.1) is 0 Å². The molecule has 0 spiro atoms. The fourth-order valence-electron chi connectivity index (χ4n) is 5.68. The number of thiophene rings is 1. The van der Waals surface area contributed by atoms with E-state index in [1.54, 1.807) is 0 Å². The van der Waals surface area contributed by atoms with Crippen LogP contribution in [-0.4, -0.2) is 13.3 Å². The summed E-state index contributed by atoms with van der Waals surface area (Å²) in [7, 11) is 2.14. The second-order valence-electron chi connectivity index (χ2n) is 10.4. The number of fused-ring (bicyclic) bond motifs is 3. The number of para-hydroxylation sites is 2. The summed E-state index contributed by atoms with van der Waals surface area (Å²) in [6, 6.07) is 51.8. The summed E-state index contributed by atoms with van der Waals surface area (Å²) < 4.78 is 2.68. The molecule has 7 rings (SSSR count). The van der Waals surface area contributed by atoms with Gasteiger partial charge in [0.2, 0.25) is 0 Å². The van der Waals surface area contributed by atoms with Crippen LogP contribution in [0.3, 0.4) is 0 Å². The Morgan fingerprint density at radius 1 is 0.571 bits per heavy atom.